The molecule has 3 aromatic carbocycles. The van der Waals surface area contributed by atoms with E-state index in [4.69, 9.17) is 9.16 Å². The summed E-state index contributed by atoms with van der Waals surface area (Å²) in [7, 11) is -0.0457. The van der Waals surface area contributed by atoms with E-state index < -0.39 is 9.04 Å². The molecule has 0 heterocycles. The Morgan fingerprint density at radius 2 is 1.21 bits per heavy atom. The lowest BCUT2D eigenvalue weighted by Crippen LogP contribution is -2.45. The predicted octanol–water partition coefficient (Wildman–Crippen LogP) is 3.31. The molecule has 2 nitrogen and oxygen atoms in total. The summed E-state index contributed by atoms with van der Waals surface area (Å²) >= 11 is 0. The van der Waals surface area contributed by atoms with Gasteiger partial charge in [0.15, 0.2) is 0 Å². The molecular formula is C21H22O2Si. The van der Waals surface area contributed by atoms with Crippen LogP contribution in [0.2, 0.25) is 0 Å². The van der Waals surface area contributed by atoms with E-state index in [0.717, 1.165) is 5.75 Å². The summed E-state index contributed by atoms with van der Waals surface area (Å²) in [5.41, 5.74) is 1.17. The number of benzene rings is 3. The number of ether oxygens (including phenoxy) is 1. The Balaban J connectivity index is 1.86. The maximum absolute atomic E-state index is 6.58. The van der Waals surface area contributed by atoms with Crippen molar-refractivity contribution in [3.8, 4) is 5.75 Å². The van der Waals surface area contributed by atoms with Gasteiger partial charge in [-0.25, -0.2) is 0 Å². The van der Waals surface area contributed by atoms with Crippen molar-refractivity contribution >= 4 is 19.4 Å². The van der Waals surface area contributed by atoms with Crippen molar-refractivity contribution in [2.24, 2.45) is 0 Å². The van der Waals surface area contributed by atoms with Crippen LogP contribution >= 0.6 is 0 Å². The Kier molecular flexibility index (Phi) is 5.46. The van der Waals surface area contributed by atoms with E-state index in [1.165, 1.54) is 15.9 Å². The summed E-state index contributed by atoms with van der Waals surface area (Å²) < 4.78 is 11.8. The van der Waals surface area contributed by atoms with E-state index in [2.05, 4.69) is 67.6 Å². The molecule has 3 rings (SSSR count). The van der Waals surface area contributed by atoms with Gasteiger partial charge in [-0.15, -0.1) is 0 Å². The van der Waals surface area contributed by atoms with Crippen molar-refractivity contribution in [2.75, 3.05) is 7.11 Å². The zero-order valence-corrected chi connectivity index (χ0v) is 15.2. The van der Waals surface area contributed by atoms with Crippen LogP contribution in [0.15, 0.2) is 84.9 Å². The molecule has 0 spiro atoms. The number of rotatable bonds is 6. The average Bonchev–Trinajstić information content (AvgIpc) is 2.67. The lowest BCUT2D eigenvalue weighted by atomic mass is 10.1. The smallest absolute Gasteiger partial charge is 0.240 e. The lowest BCUT2D eigenvalue weighted by Gasteiger charge is -2.23. The first-order chi connectivity index (χ1) is 11.8. The Hall–Kier alpha value is -2.36. The van der Waals surface area contributed by atoms with E-state index in [1.807, 2.05) is 24.3 Å². The highest BCUT2D eigenvalue weighted by atomic mass is 28.3. The fourth-order valence-electron chi connectivity index (χ4n) is 2.76. The fourth-order valence-corrected chi connectivity index (χ4v) is 5.17. The summed E-state index contributed by atoms with van der Waals surface area (Å²) in [6, 6.07) is 29.2. The molecule has 0 aliphatic carbocycles. The van der Waals surface area contributed by atoms with E-state index in [-0.39, 0.29) is 6.10 Å². The molecule has 0 N–H and O–H groups in total. The fraction of sp³-hybridized carbons (Fsp3) is 0.143. The number of methoxy groups -OCH3 is 1. The molecule has 1 unspecified atom stereocenters. The first-order valence-electron chi connectivity index (χ1n) is 8.17. The summed E-state index contributed by atoms with van der Waals surface area (Å²) in [6.07, 6.45) is 0.0352. The van der Waals surface area contributed by atoms with Crippen molar-refractivity contribution in [1.29, 1.82) is 0 Å². The molecule has 0 fully saturated rings. The molecule has 0 saturated heterocycles. The number of hydrogen-bond donors (Lipinski definition) is 0. The minimum absolute atomic E-state index is 0.0352. The minimum atomic E-state index is -1.73. The van der Waals surface area contributed by atoms with Gasteiger partial charge in [0.25, 0.3) is 0 Å². The zero-order chi connectivity index (χ0) is 16.8. The molecule has 122 valence electrons. The highest BCUT2D eigenvalue weighted by Crippen LogP contribution is 2.20. The van der Waals surface area contributed by atoms with Gasteiger partial charge in [0.2, 0.25) is 9.04 Å². The molecule has 0 amide bonds. The van der Waals surface area contributed by atoms with Crippen molar-refractivity contribution in [3.05, 3.63) is 90.5 Å². The van der Waals surface area contributed by atoms with Crippen LogP contribution in [0, 0.1) is 0 Å². The first-order valence-corrected chi connectivity index (χ1v) is 9.80. The van der Waals surface area contributed by atoms with Crippen LogP contribution < -0.4 is 15.1 Å². The highest BCUT2D eigenvalue weighted by molar-refractivity contribution is 6.80. The Bertz CT molecular complexity index is 702. The predicted molar refractivity (Wildman–Crippen MR) is 102 cm³/mol. The van der Waals surface area contributed by atoms with Gasteiger partial charge in [0.05, 0.1) is 13.2 Å². The number of hydrogen-bond acceptors (Lipinski definition) is 2. The molecule has 0 bridgehead atoms. The summed E-state index contributed by atoms with van der Waals surface area (Å²) in [5.74, 6) is 0.867. The third-order valence-electron chi connectivity index (χ3n) is 4.13. The second kappa shape index (κ2) is 7.95. The van der Waals surface area contributed by atoms with Gasteiger partial charge in [0.1, 0.15) is 5.75 Å². The third-order valence-corrected chi connectivity index (χ3v) is 6.79. The van der Waals surface area contributed by atoms with Gasteiger partial charge in [-0.1, -0.05) is 72.8 Å². The molecule has 3 heteroatoms. The molecule has 0 radical (unpaired) electrons. The monoisotopic (exact) mass is 334 g/mol. The van der Waals surface area contributed by atoms with Gasteiger partial charge in [-0.05, 0) is 35.0 Å². The molecule has 3 aromatic rings. The Morgan fingerprint density at radius 1 is 0.708 bits per heavy atom. The molecule has 0 aliphatic rings. The minimum Gasteiger partial charge on any atom is -0.497 e. The van der Waals surface area contributed by atoms with Crippen LogP contribution in [0.25, 0.3) is 0 Å². The van der Waals surface area contributed by atoms with Crippen LogP contribution in [0.1, 0.15) is 18.6 Å². The topological polar surface area (TPSA) is 18.5 Å². The molecule has 24 heavy (non-hydrogen) atoms. The highest BCUT2D eigenvalue weighted by Gasteiger charge is 2.21. The van der Waals surface area contributed by atoms with Crippen molar-refractivity contribution in [3.63, 3.8) is 0 Å². The van der Waals surface area contributed by atoms with Crippen LogP contribution in [-0.4, -0.2) is 16.2 Å². The van der Waals surface area contributed by atoms with E-state index in [9.17, 15) is 0 Å². The van der Waals surface area contributed by atoms with Gasteiger partial charge in [0, 0.05) is 0 Å². The maximum Gasteiger partial charge on any atom is 0.240 e. The third kappa shape index (κ3) is 3.93. The van der Waals surface area contributed by atoms with Crippen molar-refractivity contribution in [2.45, 2.75) is 13.0 Å². The second-order valence-corrected chi connectivity index (χ2v) is 8.12. The average molecular weight is 334 g/mol. The summed E-state index contributed by atoms with van der Waals surface area (Å²) in [4.78, 5) is 0. The quantitative estimate of drug-likeness (QED) is 0.644. The van der Waals surface area contributed by atoms with Crippen molar-refractivity contribution in [1.82, 2.24) is 0 Å². The Labute approximate surface area is 145 Å². The lowest BCUT2D eigenvalue weighted by molar-refractivity contribution is 0.237. The van der Waals surface area contributed by atoms with Crippen molar-refractivity contribution < 1.29 is 9.16 Å². The first kappa shape index (κ1) is 16.5. The molecular weight excluding hydrogens is 312 g/mol. The van der Waals surface area contributed by atoms with E-state index in [0.29, 0.717) is 0 Å². The second-order valence-electron chi connectivity index (χ2n) is 5.75. The van der Waals surface area contributed by atoms with Crippen LogP contribution in [0.5, 0.6) is 5.75 Å². The van der Waals surface area contributed by atoms with E-state index >= 15 is 0 Å². The zero-order valence-electron chi connectivity index (χ0n) is 14.1. The maximum atomic E-state index is 6.58. The molecule has 0 aromatic heterocycles. The standard InChI is InChI=1S/C21H22O2Si/c1-17(18-13-15-19(22-2)16-14-18)23-24(20-9-5-3-6-10-20)21-11-7-4-8-12-21/h3-17,24H,1-2H3. The molecule has 0 saturated carbocycles. The van der Waals surface area contributed by atoms with Gasteiger partial charge >= 0.3 is 0 Å². The van der Waals surface area contributed by atoms with Gasteiger partial charge in [-0.2, -0.15) is 0 Å². The van der Waals surface area contributed by atoms with Crippen LogP contribution in [-0.2, 0) is 4.43 Å². The molecule has 0 aliphatic heterocycles. The Morgan fingerprint density at radius 3 is 1.67 bits per heavy atom. The van der Waals surface area contributed by atoms with Gasteiger partial charge < -0.3 is 9.16 Å². The normalized spacial score (nSPS) is 12.1. The van der Waals surface area contributed by atoms with Gasteiger partial charge in [-0.3, -0.25) is 0 Å². The van der Waals surface area contributed by atoms with Crippen LogP contribution in [0.3, 0.4) is 0 Å². The summed E-state index contributed by atoms with van der Waals surface area (Å²) in [5, 5.41) is 2.59. The van der Waals surface area contributed by atoms with Crippen LogP contribution in [0.4, 0.5) is 0 Å². The largest absolute Gasteiger partial charge is 0.497 e. The van der Waals surface area contributed by atoms with E-state index in [1.54, 1.807) is 7.11 Å². The SMILES string of the molecule is COc1ccc(C(C)O[SiH](c2ccccc2)c2ccccc2)cc1. The molecule has 1 atom stereocenters. The summed E-state index contributed by atoms with van der Waals surface area (Å²) in [6.45, 7) is 2.12.